The standard InChI is InChI=1S/C19H22FNO3S/c1-14-5-3-4-6-17(14)13-25(22,23)21-11-15(2)24-19(12-21)16-7-9-18(20)10-8-16/h3-10,15,19H,11-13H2,1-2H3. The van der Waals surface area contributed by atoms with Crippen molar-refractivity contribution in [3.05, 3.63) is 71.0 Å². The van der Waals surface area contributed by atoms with Crippen LogP contribution >= 0.6 is 0 Å². The number of morpholine rings is 1. The van der Waals surface area contributed by atoms with Gasteiger partial charge in [-0.15, -0.1) is 0 Å². The summed E-state index contributed by atoms with van der Waals surface area (Å²) in [6, 6.07) is 13.5. The predicted octanol–water partition coefficient (Wildman–Crippen LogP) is 3.43. The third-order valence-electron chi connectivity index (χ3n) is 4.46. The van der Waals surface area contributed by atoms with Crippen LogP contribution in [0.1, 0.15) is 29.7 Å². The minimum Gasteiger partial charge on any atom is -0.368 e. The molecule has 0 N–H and O–H groups in total. The van der Waals surface area contributed by atoms with Crippen molar-refractivity contribution >= 4 is 10.0 Å². The van der Waals surface area contributed by atoms with Crippen molar-refractivity contribution in [1.82, 2.24) is 4.31 Å². The summed E-state index contributed by atoms with van der Waals surface area (Å²) >= 11 is 0. The zero-order valence-corrected chi connectivity index (χ0v) is 15.2. The molecule has 0 amide bonds. The van der Waals surface area contributed by atoms with Gasteiger partial charge < -0.3 is 4.74 Å². The Labute approximate surface area is 148 Å². The summed E-state index contributed by atoms with van der Waals surface area (Å²) in [5.41, 5.74) is 2.55. The van der Waals surface area contributed by atoms with Crippen molar-refractivity contribution in [2.24, 2.45) is 0 Å². The average molecular weight is 363 g/mol. The van der Waals surface area contributed by atoms with Gasteiger partial charge in [0.05, 0.1) is 18.0 Å². The van der Waals surface area contributed by atoms with E-state index in [0.717, 1.165) is 16.7 Å². The number of ether oxygens (including phenoxy) is 1. The van der Waals surface area contributed by atoms with E-state index in [9.17, 15) is 12.8 Å². The van der Waals surface area contributed by atoms with Crippen LogP contribution in [0, 0.1) is 12.7 Å². The highest BCUT2D eigenvalue weighted by atomic mass is 32.2. The van der Waals surface area contributed by atoms with Crippen LogP contribution in [0.15, 0.2) is 48.5 Å². The molecule has 0 aromatic heterocycles. The van der Waals surface area contributed by atoms with E-state index in [-0.39, 0.29) is 24.2 Å². The fraction of sp³-hybridized carbons (Fsp3) is 0.368. The molecule has 0 aliphatic carbocycles. The first-order valence-corrected chi connectivity index (χ1v) is 9.89. The number of hydrogen-bond acceptors (Lipinski definition) is 3. The number of aryl methyl sites for hydroxylation is 1. The Balaban J connectivity index is 1.80. The van der Waals surface area contributed by atoms with Gasteiger partial charge in [-0.1, -0.05) is 36.4 Å². The lowest BCUT2D eigenvalue weighted by Crippen LogP contribution is -2.46. The number of rotatable bonds is 4. The maximum absolute atomic E-state index is 13.1. The molecule has 2 aromatic carbocycles. The monoisotopic (exact) mass is 363 g/mol. The maximum atomic E-state index is 13.1. The number of nitrogens with zero attached hydrogens (tertiary/aromatic N) is 1. The molecule has 25 heavy (non-hydrogen) atoms. The molecule has 6 heteroatoms. The predicted molar refractivity (Wildman–Crippen MR) is 95.1 cm³/mol. The highest BCUT2D eigenvalue weighted by Gasteiger charge is 2.33. The van der Waals surface area contributed by atoms with E-state index < -0.39 is 16.1 Å². The van der Waals surface area contributed by atoms with E-state index in [4.69, 9.17) is 4.74 Å². The topological polar surface area (TPSA) is 46.6 Å². The highest BCUT2D eigenvalue weighted by Crippen LogP contribution is 2.28. The zero-order chi connectivity index (χ0) is 18.0. The van der Waals surface area contributed by atoms with Crippen LogP contribution in [0.4, 0.5) is 4.39 Å². The summed E-state index contributed by atoms with van der Waals surface area (Å²) in [6.07, 6.45) is -0.619. The van der Waals surface area contributed by atoms with E-state index in [1.807, 2.05) is 38.1 Å². The number of halogens is 1. The smallest absolute Gasteiger partial charge is 0.218 e. The summed E-state index contributed by atoms with van der Waals surface area (Å²) in [5.74, 6) is -0.348. The fourth-order valence-corrected chi connectivity index (χ4v) is 4.76. The SMILES string of the molecule is Cc1ccccc1CS(=O)(=O)N1CC(C)OC(c2ccc(F)cc2)C1. The van der Waals surface area contributed by atoms with Crippen molar-refractivity contribution in [1.29, 1.82) is 0 Å². The first kappa shape index (κ1) is 18.0. The number of sulfonamides is 1. The third kappa shape index (κ3) is 4.26. The zero-order valence-electron chi connectivity index (χ0n) is 14.4. The summed E-state index contributed by atoms with van der Waals surface area (Å²) in [6.45, 7) is 4.33. The van der Waals surface area contributed by atoms with Gasteiger partial charge in [-0.25, -0.2) is 12.8 Å². The van der Waals surface area contributed by atoms with Gasteiger partial charge in [0, 0.05) is 13.1 Å². The molecule has 2 atom stereocenters. The van der Waals surface area contributed by atoms with Gasteiger partial charge in [0.15, 0.2) is 0 Å². The second-order valence-corrected chi connectivity index (χ2v) is 8.46. The molecule has 2 aromatic rings. The van der Waals surface area contributed by atoms with Gasteiger partial charge in [0.1, 0.15) is 5.82 Å². The van der Waals surface area contributed by atoms with Crippen LogP contribution < -0.4 is 0 Å². The molecule has 2 unspecified atom stereocenters. The summed E-state index contributed by atoms with van der Waals surface area (Å²) < 4.78 is 46.3. The van der Waals surface area contributed by atoms with Crippen molar-refractivity contribution in [2.75, 3.05) is 13.1 Å². The summed E-state index contributed by atoms with van der Waals surface area (Å²) in [5, 5.41) is 0. The third-order valence-corrected chi connectivity index (χ3v) is 6.22. The molecule has 4 nitrogen and oxygen atoms in total. The van der Waals surface area contributed by atoms with Crippen LogP contribution in [0.3, 0.4) is 0 Å². The van der Waals surface area contributed by atoms with Crippen molar-refractivity contribution in [3.8, 4) is 0 Å². The summed E-state index contributed by atoms with van der Waals surface area (Å²) in [7, 11) is -3.46. The average Bonchev–Trinajstić information content (AvgIpc) is 2.57. The Morgan fingerprint density at radius 3 is 2.48 bits per heavy atom. The van der Waals surface area contributed by atoms with Gasteiger partial charge in [0.2, 0.25) is 10.0 Å². The van der Waals surface area contributed by atoms with Crippen LogP contribution in [0.5, 0.6) is 0 Å². The molecule has 0 radical (unpaired) electrons. The Hall–Kier alpha value is -1.76. The maximum Gasteiger partial charge on any atom is 0.218 e. The molecule has 1 aliphatic heterocycles. The molecule has 1 aliphatic rings. The van der Waals surface area contributed by atoms with E-state index in [1.165, 1.54) is 16.4 Å². The molecule has 0 saturated carbocycles. The van der Waals surface area contributed by atoms with Crippen LogP contribution in [0.25, 0.3) is 0 Å². The van der Waals surface area contributed by atoms with Gasteiger partial charge in [0.25, 0.3) is 0 Å². The Morgan fingerprint density at radius 1 is 1.12 bits per heavy atom. The van der Waals surface area contributed by atoms with Gasteiger partial charge in [-0.05, 0) is 42.7 Å². The van der Waals surface area contributed by atoms with Crippen molar-refractivity contribution in [2.45, 2.75) is 31.8 Å². The van der Waals surface area contributed by atoms with E-state index >= 15 is 0 Å². The normalized spacial score (nSPS) is 22.0. The molecule has 0 spiro atoms. The van der Waals surface area contributed by atoms with Crippen molar-refractivity contribution < 1.29 is 17.5 Å². The molecule has 1 heterocycles. The fourth-order valence-electron chi connectivity index (χ4n) is 3.06. The lowest BCUT2D eigenvalue weighted by atomic mass is 10.1. The van der Waals surface area contributed by atoms with Gasteiger partial charge >= 0.3 is 0 Å². The van der Waals surface area contributed by atoms with Crippen LogP contribution in [-0.2, 0) is 20.5 Å². The first-order chi connectivity index (χ1) is 11.8. The number of hydrogen-bond donors (Lipinski definition) is 0. The highest BCUT2D eigenvalue weighted by molar-refractivity contribution is 7.88. The minimum absolute atomic E-state index is 0.0253. The molecule has 134 valence electrons. The molecule has 0 bridgehead atoms. The molecule has 1 saturated heterocycles. The minimum atomic E-state index is -3.46. The second-order valence-electron chi connectivity index (χ2n) is 6.49. The molecular weight excluding hydrogens is 341 g/mol. The molecule has 3 rings (SSSR count). The Bertz CT molecular complexity index is 836. The largest absolute Gasteiger partial charge is 0.368 e. The Kier molecular flexibility index (Phi) is 5.22. The van der Waals surface area contributed by atoms with E-state index in [2.05, 4.69) is 0 Å². The van der Waals surface area contributed by atoms with Gasteiger partial charge in [-0.3, -0.25) is 0 Å². The van der Waals surface area contributed by atoms with E-state index in [0.29, 0.717) is 6.54 Å². The first-order valence-electron chi connectivity index (χ1n) is 8.28. The van der Waals surface area contributed by atoms with E-state index in [1.54, 1.807) is 12.1 Å². The lowest BCUT2D eigenvalue weighted by Gasteiger charge is -2.36. The van der Waals surface area contributed by atoms with Crippen LogP contribution in [-0.4, -0.2) is 31.9 Å². The summed E-state index contributed by atoms with van der Waals surface area (Å²) in [4.78, 5) is 0. The van der Waals surface area contributed by atoms with Gasteiger partial charge in [-0.2, -0.15) is 4.31 Å². The molecular formula is C19H22FNO3S. The quantitative estimate of drug-likeness (QED) is 0.836. The number of benzene rings is 2. The van der Waals surface area contributed by atoms with Crippen molar-refractivity contribution in [3.63, 3.8) is 0 Å². The second kappa shape index (κ2) is 7.23. The lowest BCUT2D eigenvalue weighted by molar-refractivity contribution is -0.0557. The molecule has 1 fully saturated rings. The Morgan fingerprint density at radius 2 is 1.80 bits per heavy atom. The van der Waals surface area contributed by atoms with Crippen LogP contribution in [0.2, 0.25) is 0 Å².